The maximum Gasteiger partial charge on any atom is 0.136 e. The number of aromatic nitrogens is 1. The maximum absolute atomic E-state index is 14.8. The molecule has 40 heavy (non-hydrogen) atoms. The lowest BCUT2D eigenvalue weighted by Gasteiger charge is -2.24. The third-order valence-electron chi connectivity index (χ3n) is 6.88. The third-order valence-corrected chi connectivity index (χ3v) is 7.08. The first-order chi connectivity index (χ1) is 19.4. The molecule has 192 valence electrons. The molecule has 0 amide bonds. The predicted octanol–water partition coefficient (Wildman–Crippen LogP) is 7.51. The van der Waals surface area contributed by atoms with Crippen molar-refractivity contribution in [3.05, 3.63) is 119 Å². The summed E-state index contributed by atoms with van der Waals surface area (Å²) in [5.41, 5.74) is 11.3. The van der Waals surface area contributed by atoms with Crippen molar-refractivity contribution < 1.29 is 8.78 Å². The van der Waals surface area contributed by atoms with Crippen LogP contribution in [0, 0.1) is 28.4 Å². The second kappa shape index (κ2) is 9.88. The van der Waals surface area contributed by atoms with Gasteiger partial charge in [-0.1, -0.05) is 54.6 Å². The number of nitrogen functional groups attached to an aromatic ring is 1. The number of anilines is 1. The summed E-state index contributed by atoms with van der Waals surface area (Å²) in [6.45, 7) is 0. The van der Waals surface area contributed by atoms with Crippen molar-refractivity contribution >= 4 is 52.5 Å². The first-order valence-corrected chi connectivity index (χ1v) is 12.6. The highest BCUT2D eigenvalue weighted by atomic mass is 32.1. The standard InChI is InChI=1S/C32H19F2N5S/c33-25-13-21(36)14-26(34)28(25)20-10-11-22-27(12-20)38-31(19-8-6-17(16-35)7-9-19)24-15-23(18-4-2-1-3-5-18)32(39-40)30(37)29(22)24/h1-15,37,40H,36H2/b37-30?,39-32-. The Morgan fingerprint density at radius 2 is 1.52 bits per heavy atom. The number of benzene rings is 4. The van der Waals surface area contributed by atoms with Crippen molar-refractivity contribution in [3.63, 3.8) is 0 Å². The summed E-state index contributed by atoms with van der Waals surface area (Å²) in [7, 11) is 0. The van der Waals surface area contributed by atoms with Crippen LogP contribution in [0.1, 0.15) is 22.3 Å². The molecule has 0 atom stereocenters. The number of hydrogen-bond donors (Lipinski definition) is 3. The average Bonchev–Trinajstić information content (AvgIpc) is 2.96. The van der Waals surface area contributed by atoms with E-state index < -0.39 is 11.6 Å². The number of thiol groups is 1. The summed E-state index contributed by atoms with van der Waals surface area (Å²) in [6.07, 6.45) is 1.94. The van der Waals surface area contributed by atoms with Crippen molar-refractivity contribution in [2.45, 2.75) is 0 Å². The lowest BCUT2D eigenvalue weighted by atomic mass is 9.82. The minimum Gasteiger partial charge on any atom is -0.399 e. The van der Waals surface area contributed by atoms with Crippen molar-refractivity contribution in [1.29, 1.82) is 10.7 Å². The van der Waals surface area contributed by atoms with Gasteiger partial charge in [-0.3, -0.25) is 5.41 Å². The molecule has 5 aromatic rings. The molecule has 0 fully saturated rings. The van der Waals surface area contributed by atoms with E-state index in [9.17, 15) is 19.5 Å². The molecule has 3 N–H and O–H groups in total. The van der Waals surface area contributed by atoms with Gasteiger partial charge in [-0.15, -0.1) is 0 Å². The molecule has 0 saturated carbocycles. The lowest BCUT2D eigenvalue weighted by Crippen LogP contribution is -2.22. The normalized spacial score (nSPS) is 13.7. The zero-order valence-electron chi connectivity index (χ0n) is 20.8. The summed E-state index contributed by atoms with van der Waals surface area (Å²) in [5.74, 6) is -1.57. The minimum absolute atomic E-state index is 0.0112. The monoisotopic (exact) mass is 543 g/mol. The number of pyridine rings is 1. The molecule has 1 heterocycles. The van der Waals surface area contributed by atoms with Crippen LogP contribution in [0.15, 0.2) is 89.3 Å². The summed E-state index contributed by atoms with van der Waals surface area (Å²) in [4.78, 5) is 4.94. The van der Waals surface area contributed by atoms with Gasteiger partial charge in [0.1, 0.15) is 17.3 Å². The van der Waals surface area contributed by atoms with Gasteiger partial charge in [0.05, 0.1) is 34.1 Å². The number of fused-ring (bicyclic) bond motifs is 3. The Labute approximate surface area is 234 Å². The van der Waals surface area contributed by atoms with Gasteiger partial charge in [0, 0.05) is 33.3 Å². The predicted molar refractivity (Wildman–Crippen MR) is 159 cm³/mol. The van der Waals surface area contributed by atoms with Gasteiger partial charge in [-0.25, -0.2) is 18.2 Å². The Hall–Kier alpha value is -5.13. The number of allylic oxidation sites excluding steroid dienone is 1. The van der Waals surface area contributed by atoms with E-state index >= 15 is 0 Å². The number of halogens is 2. The second-order valence-electron chi connectivity index (χ2n) is 9.28. The molecule has 1 aromatic heterocycles. The van der Waals surface area contributed by atoms with Crippen molar-refractivity contribution in [3.8, 4) is 28.5 Å². The number of nitriles is 1. The number of hydrogen-bond acceptors (Lipinski definition) is 6. The van der Waals surface area contributed by atoms with Crippen molar-refractivity contribution in [2.24, 2.45) is 4.40 Å². The van der Waals surface area contributed by atoms with E-state index in [4.69, 9.17) is 10.7 Å². The molecule has 8 heteroatoms. The molecule has 0 bridgehead atoms. The largest absolute Gasteiger partial charge is 0.399 e. The molecule has 0 radical (unpaired) electrons. The van der Waals surface area contributed by atoms with E-state index in [0.29, 0.717) is 44.6 Å². The van der Waals surface area contributed by atoms with Crippen molar-refractivity contribution in [1.82, 2.24) is 4.98 Å². The smallest absolute Gasteiger partial charge is 0.136 e. The molecule has 5 nitrogen and oxygen atoms in total. The Bertz CT molecular complexity index is 1930. The highest BCUT2D eigenvalue weighted by Gasteiger charge is 2.29. The summed E-state index contributed by atoms with van der Waals surface area (Å²) >= 11 is 4.20. The van der Waals surface area contributed by atoms with Gasteiger partial charge in [0.2, 0.25) is 0 Å². The molecule has 0 saturated heterocycles. The van der Waals surface area contributed by atoms with E-state index in [-0.39, 0.29) is 22.5 Å². The molecular weight excluding hydrogens is 524 g/mol. The number of nitrogens with one attached hydrogen (secondary N) is 1. The fourth-order valence-corrected chi connectivity index (χ4v) is 5.25. The van der Waals surface area contributed by atoms with Crippen LogP contribution < -0.4 is 5.73 Å². The third kappa shape index (κ3) is 4.13. The Morgan fingerprint density at radius 1 is 0.850 bits per heavy atom. The fraction of sp³-hybridized carbons (Fsp3) is 0. The van der Waals surface area contributed by atoms with Crippen molar-refractivity contribution in [2.75, 3.05) is 5.73 Å². The Balaban J connectivity index is 1.68. The van der Waals surface area contributed by atoms with Gasteiger partial charge >= 0.3 is 0 Å². The van der Waals surface area contributed by atoms with Crippen LogP contribution in [0.25, 0.3) is 44.9 Å². The maximum atomic E-state index is 14.8. The van der Waals surface area contributed by atoms with Crippen LogP contribution in [0.2, 0.25) is 0 Å². The quantitative estimate of drug-likeness (QED) is 0.162. The van der Waals surface area contributed by atoms with Crippen LogP contribution >= 0.6 is 12.8 Å². The molecular formula is C32H19F2N5S. The Kier molecular flexibility index (Phi) is 6.21. The van der Waals surface area contributed by atoms with E-state index in [1.54, 1.807) is 42.5 Å². The van der Waals surface area contributed by atoms with Gasteiger partial charge < -0.3 is 5.73 Å². The van der Waals surface area contributed by atoms with Crippen LogP contribution in [0.4, 0.5) is 14.5 Å². The molecule has 6 rings (SSSR count). The topological polar surface area (TPSA) is 98.9 Å². The fourth-order valence-electron chi connectivity index (χ4n) is 5.04. The molecule has 0 unspecified atom stereocenters. The number of rotatable bonds is 3. The van der Waals surface area contributed by atoms with E-state index in [1.807, 2.05) is 36.4 Å². The van der Waals surface area contributed by atoms with E-state index in [1.165, 1.54) is 0 Å². The van der Waals surface area contributed by atoms with E-state index in [0.717, 1.165) is 23.3 Å². The Morgan fingerprint density at radius 3 is 2.17 bits per heavy atom. The summed E-state index contributed by atoms with van der Waals surface area (Å²) < 4.78 is 33.8. The van der Waals surface area contributed by atoms with Crippen LogP contribution in [0.3, 0.4) is 0 Å². The van der Waals surface area contributed by atoms with Gasteiger partial charge in [-0.05, 0) is 60.3 Å². The molecule has 1 aliphatic rings. The van der Waals surface area contributed by atoms with Crippen LogP contribution in [-0.4, -0.2) is 16.4 Å². The lowest BCUT2D eigenvalue weighted by molar-refractivity contribution is 0.591. The van der Waals surface area contributed by atoms with E-state index in [2.05, 4.69) is 23.3 Å². The zero-order valence-corrected chi connectivity index (χ0v) is 21.7. The number of nitrogens with two attached hydrogens (primary N) is 1. The zero-order chi connectivity index (χ0) is 28.0. The highest BCUT2D eigenvalue weighted by molar-refractivity contribution is 7.79. The first-order valence-electron chi connectivity index (χ1n) is 12.2. The highest BCUT2D eigenvalue weighted by Crippen LogP contribution is 2.40. The first kappa shape index (κ1) is 25.2. The van der Waals surface area contributed by atoms with Gasteiger partial charge in [0.25, 0.3) is 0 Å². The second-order valence-corrected chi connectivity index (χ2v) is 9.48. The molecule has 1 aliphatic carbocycles. The van der Waals surface area contributed by atoms with Gasteiger partial charge in [0.15, 0.2) is 0 Å². The summed E-state index contributed by atoms with van der Waals surface area (Å²) in [6, 6.07) is 25.7. The molecule has 4 aromatic carbocycles. The minimum atomic E-state index is -0.783. The molecule has 0 aliphatic heterocycles. The van der Waals surface area contributed by atoms with Crippen LogP contribution in [0.5, 0.6) is 0 Å². The number of nitrogens with zero attached hydrogens (tertiary/aromatic N) is 3. The SMILES string of the molecule is N#Cc1ccc(-c2nc3cc(-c4c(F)cc(N)cc4F)ccc3c3c2C=C(c2ccccc2)/C(=N/S)C3=N)cc1. The summed E-state index contributed by atoms with van der Waals surface area (Å²) in [5, 5.41) is 19.1. The average molecular weight is 544 g/mol. The van der Waals surface area contributed by atoms with Gasteiger partial charge in [-0.2, -0.15) is 5.26 Å². The molecule has 0 spiro atoms. The van der Waals surface area contributed by atoms with Crippen LogP contribution in [-0.2, 0) is 0 Å².